The maximum atomic E-state index is 11.7. The van der Waals surface area contributed by atoms with Crippen molar-refractivity contribution in [3.05, 3.63) is 53.9 Å². The maximum Gasteiger partial charge on any atom is 0.329 e. The summed E-state index contributed by atoms with van der Waals surface area (Å²) in [4.78, 5) is 26.3. The number of hydrogen-bond donors (Lipinski definition) is 3. The Labute approximate surface area is 122 Å². The van der Waals surface area contributed by atoms with Gasteiger partial charge < -0.3 is 10.3 Å². The average Bonchev–Trinajstić information content (AvgIpc) is 3.01. The standard InChI is InChI=1S/C15H16N4O2/c1-10-5-7-12(8-6-10)17-14(20)15(21)19-18-11(2)13-4-3-9-16-13/h3-9,16H,1-2H3,(H,17,20)(H,19,21)/b18-11+. The minimum atomic E-state index is -0.818. The van der Waals surface area contributed by atoms with Crippen LogP contribution in [0.15, 0.2) is 47.7 Å². The Balaban J connectivity index is 1.92. The summed E-state index contributed by atoms with van der Waals surface area (Å²) in [6.45, 7) is 3.67. The molecule has 21 heavy (non-hydrogen) atoms. The van der Waals surface area contributed by atoms with Crippen LogP contribution >= 0.6 is 0 Å². The number of carbonyl (C=O) groups is 2. The zero-order chi connectivity index (χ0) is 15.2. The van der Waals surface area contributed by atoms with Crippen LogP contribution in [0.25, 0.3) is 0 Å². The molecular weight excluding hydrogens is 268 g/mol. The fraction of sp³-hybridized carbons (Fsp3) is 0.133. The number of hydrazone groups is 1. The van der Waals surface area contributed by atoms with Crippen LogP contribution in [0.1, 0.15) is 18.2 Å². The summed E-state index contributed by atoms with van der Waals surface area (Å²) in [5.41, 5.74) is 5.21. The van der Waals surface area contributed by atoms with Crippen LogP contribution in [0.4, 0.5) is 5.69 Å². The van der Waals surface area contributed by atoms with E-state index < -0.39 is 11.8 Å². The smallest absolute Gasteiger partial charge is 0.329 e. The molecule has 1 heterocycles. The number of aromatic amines is 1. The van der Waals surface area contributed by atoms with Crippen LogP contribution in [0.2, 0.25) is 0 Å². The fourth-order valence-electron chi connectivity index (χ4n) is 1.63. The lowest BCUT2D eigenvalue weighted by atomic mass is 10.2. The molecule has 2 aromatic rings. The first-order valence-electron chi connectivity index (χ1n) is 6.42. The molecular formula is C15H16N4O2. The highest BCUT2D eigenvalue weighted by atomic mass is 16.2. The molecule has 0 bridgehead atoms. The number of aryl methyl sites for hydroxylation is 1. The quantitative estimate of drug-likeness (QED) is 0.456. The van der Waals surface area contributed by atoms with Crippen molar-refractivity contribution < 1.29 is 9.59 Å². The van der Waals surface area contributed by atoms with E-state index in [1.807, 2.05) is 31.2 Å². The first-order valence-corrected chi connectivity index (χ1v) is 6.42. The van der Waals surface area contributed by atoms with Gasteiger partial charge in [0.25, 0.3) is 0 Å². The van der Waals surface area contributed by atoms with E-state index in [1.165, 1.54) is 0 Å². The number of rotatable bonds is 3. The van der Waals surface area contributed by atoms with Gasteiger partial charge in [-0.15, -0.1) is 0 Å². The van der Waals surface area contributed by atoms with Gasteiger partial charge in [0, 0.05) is 11.9 Å². The number of nitrogens with one attached hydrogen (secondary N) is 3. The summed E-state index contributed by atoms with van der Waals surface area (Å²) >= 11 is 0. The average molecular weight is 284 g/mol. The Morgan fingerprint density at radius 3 is 2.43 bits per heavy atom. The Morgan fingerprint density at radius 1 is 1.10 bits per heavy atom. The van der Waals surface area contributed by atoms with E-state index in [2.05, 4.69) is 20.8 Å². The van der Waals surface area contributed by atoms with Gasteiger partial charge in [0.15, 0.2) is 0 Å². The van der Waals surface area contributed by atoms with Crippen LogP contribution < -0.4 is 10.7 Å². The predicted molar refractivity (Wildman–Crippen MR) is 81.0 cm³/mol. The monoisotopic (exact) mass is 284 g/mol. The van der Waals surface area contributed by atoms with Gasteiger partial charge in [-0.05, 0) is 38.1 Å². The molecule has 2 amide bonds. The van der Waals surface area contributed by atoms with Gasteiger partial charge in [-0.1, -0.05) is 17.7 Å². The second-order valence-corrected chi connectivity index (χ2v) is 4.54. The van der Waals surface area contributed by atoms with Gasteiger partial charge in [0.2, 0.25) is 0 Å². The lowest BCUT2D eigenvalue weighted by Gasteiger charge is -2.04. The molecule has 1 aromatic heterocycles. The normalized spacial score (nSPS) is 11.0. The van der Waals surface area contributed by atoms with Gasteiger partial charge in [-0.2, -0.15) is 5.10 Å². The molecule has 0 aliphatic heterocycles. The highest BCUT2D eigenvalue weighted by molar-refractivity contribution is 6.39. The number of H-pyrrole nitrogens is 1. The molecule has 2 rings (SSSR count). The van der Waals surface area contributed by atoms with E-state index in [0.717, 1.165) is 11.3 Å². The third-order valence-electron chi connectivity index (χ3n) is 2.83. The molecule has 0 saturated carbocycles. The van der Waals surface area contributed by atoms with Crippen molar-refractivity contribution in [2.45, 2.75) is 13.8 Å². The number of benzene rings is 1. The molecule has 0 saturated heterocycles. The summed E-state index contributed by atoms with van der Waals surface area (Å²) in [7, 11) is 0. The number of hydrogen-bond acceptors (Lipinski definition) is 3. The van der Waals surface area contributed by atoms with E-state index in [1.54, 1.807) is 25.3 Å². The zero-order valence-electron chi connectivity index (χ0n) is 11.8. The lowest BCUT2D eigenvalue weighted by molar-refractivity contribution is -0.136. The number of amides is 2. The summed E-state index contributed by atoms with van der Waals surface area (Å²) < 4.78 is 0. The zero-order valence-corrected chi connectivity index (χ0v) is 11.8. The molecule has 6 heteroatoms. The third-order valence-corrected chi connectivity index (χ3v) is 2.83. The number of aromatic nitrogens is 1. The molecule has 1 aromatic carbocycles. The minimum absolute atomic E-state index is 0.561. The Morgan fingerprint density at radius 2 is 1.81 bits per heavy atom. The van der Waals surface area contributed by atoms with E-state index in [0.29, 0.717) is 11.4 Å². The van der Waals surface area contributed by atoms with Crippen molar-refractivity contribution in [3.8, 4) is 0 Å². The van der Waals surface area contributed by atoms with Crippen LogP contribution in [0, 0.1) is 6.92 Å². The lowest BCUT2D eigenvalue weighted by Crippen LogP contribution is -2.32. The summed E-state index contributed by atoms with van der Waals surface area (Å²) in [5.74, 6) is -1.58. The predicted octanol–water partition coefficient (Wildman–Crippen LogP) is 1.80. The molecule has 0 aliphatic rings. The van der Waals surface area contributed by atoms with Gasteiger partial charge in [-0.25, -0.2) is 5.43 Å². The second-order valence-electron chi connectivity index (χ2n) is 4.54. The van der Waals surface area contributed by atoms with Crippen molar-refractivity contribution in [1.29, 1.82) is 0 Å². The van der Waals surface area contributed by atoms with Gasteiger partial charge in [0.1, 0.15) is 0 Å². The molecule has 0 radical (unpaired) electrons. The van der Waals surface area contributed by atoms with Gasteiger partial charge >= 0.3 is 11.8 Å². The van der Waals surface area contributed by atoms with E-state index in [4.69, 9.17) is 0 Å². The molecule has 0 aliphatic carbocycles. The van der Waals surface area contributed by atoms with Crippen LogP contribution in [0.5, 0.6) is 0 Å². The molecule has 0 atom stereocenters. The van der Waals surface area contributed by atoms with Crippen molar-refractivity contribution in [1.82, 2.24) is 10.4 Å². The van der Waals surface area contributed by atoms with E-state index in [-0.39, 0.29) is 0 Å². The number of anilines is 1. The van der Waals surface area contributed by atoms with E-state index in [9.17, 15) is 9.59 Å². The molecule has 0 spiro atoms. The Kier molecular flexibility index (Phi) is 4.50. The summed E-state index contributed by atoms with van der Waals surface area (Å²) in [6.07, 6.45) is 1.75. The van der Waals surface area contributed by atoms with Crippen molar-refractivity contribution >= 4 is 23.2 Å². The topological polar surface area (TPSA) is 86.3 Å². The fourth-order valence-corrected chi connectivity index (χ4v) is 1.63. The van der Waals surface area contributed by atoms with Crippen molar-refractivity contribution in [2.24, 2.45) is 5.10 Å². The number of nitrogens with zero attached hydrogens (tertiary/aromatic N) is 1. The first-order chi connectivity index (χ1) is 10.1. The minimum Gasteiger partial charge on any atom is -0.360 e. The van der Waals surface area contributed by atoms with Gasteiger partial charge in [0.05, 0.1) is 11.4 Å². The first kappa shape index (κ1) is 14.5. The largest absolute Gasteiger partial charge is 0.360 e. The molecule has 0 unspecified atom stereocenters. The highest BCUT2D eigenvalue weighted by Gasteiger charge is 2.13. The Hall–Kier alpha value is -2.89. The summed E-state index contributed by atoms with van der Waals surface area (Å²) in [5, 5.41) is 6.37. The third kappa shape index (κ3) is 4.04. The van der Waals surface area contributed by atoms with Crippen molar-refractivity contribution in [3.63, 3.8) is 0 Å². The van der Waals surface area contributed by atoms with Crippen LogP contribution in [0.3, 0.4) is 0 Å². The Bertz CT molecular complexity index is 657. The summed E-state index contributed by atoms with van der Waals surface area (Å²) in [6, 6.07) is 10.8. The second kappa shape index (κ2) is 6.51. The van der Waals surface area contributed by atoms with Crippen LogP contribution in [-0.4, -0.2) is 22.5 Å². The SMILES string of the molecule is C/C(=N\NC(=O)C(=O)Nc1ccc(C)cc1)c1ccc[nH]1. The highest BCUT2D eigenvalue weighted by Crippen LogP contribution is 2.08. The molecule has 108 valence electrons. The molecule has 0 fully saturated rings. The van der Waals surface area contributed by atoms with Gasteiger partial charge in [-0.3, -0.25) is 9.59 Å². The molecule has 6 nitrogen and oxygen atoms in total. The van der Waals surface area contributed by atoms with Crippen LogP contribution in [-0.2, 0) is 9.59 Å². The molecule has 3 N–H and O–H groups in total. The van der Waals surface area contributed by atoms with Crippen molar-refractivity contribution in [2.75, 3.05) is 5.32 Å². The van der Waals surface area contributed by atoms with E-state index >= 15 is 0 Å². The number of carbonyl (C=O) groups excluding carboxylic acids is 2. The maximum absolute atomic E-state index is 11.7.